The van der Waals surface area contributed by atoms with Crippen LogP contribution in [0.25, 0.3) is 0 Å². The third-order valence-corrected chi connectivity index (χ3v) is 3.90. The number of nitrogens with zero attached hydrogens (tertiary/aromatic N) is 2. The van der Waals surface area contributed by atoms with Crippen LogP contribution in [0.5, 0.6) is 0 Å². The summed E-state index contributed by atoms with van der Waals surface area (Å²) >= 11 is 0. The monoisotopic (exact) mass is 285 g/mol. The highest BCUT2D eigenvalue weighted by Crippen LogP contribution is 2.08. The van der Waals surface area contributed by atoms with Gasteiger partial charge >= 0.3 is 0 Å². The first-order valence-electron chi connectivity index (χ1n) is 7.45. The van der Waals surface area contributed by atoms with Gasteiger partial charge in [-0.15, -0.1) is 6.42 Å². The van der Waals surface area contributed by atoms with Gasteiger partial charge in [-0.1, -0.05) is 36.3 Å². The van der Waals surface area contributed by atoms with Gasteiger partial charge < -0.3 is 10.6 Å². The number of hydrogen-bond donors (Lipinski definition) is 1. The maximum absolute atomic E-state index is 12.3. The average molecular weight is 285 g/mol. The predicted molar refractivity (Wildman–Crippen MR) is 84.6 cm³/mol. The Labute approximate surface area is 126 Å². The van der Waals surface area contributed by atoms with E-state index in [1.807, 2.05) is 23.1 Å². The quantitative estimate of drug-likeness (QED) is 0.811. The maximum Gasteiger partial charge on any atom is 0.239 e. The van der Waals surface area contributed by atoms with Crippen molar-refractivity contribution < 1.29 is 4.79 Å². The van der Waals surface area contributed by atoms with Crippen LogP contribution in [0.15, 0.2) is 30.3 Å². The number of rotatable bonds is 5. The lowest BCUT2D eigenvalue weighted by Crippen LogP contribution is -2.53. The number of carbonyl (C=O) groups is 1. The van der Waals surface area contributed by atoms with E-state index in [2.05, 4.69) is 23.0 Å². The van der Waals surface area contributed by atoms with E-state index in [0.717, 1.165) is 32.6 Å². The first-order chi connectivity index (χ1) is 10.2. The molecule has 1 atom stereocenters. The van der Waals surface area contributed by atoms with Crippen LogP contribution >= 0.6 is 0 Å². The molecule has 1 aliphatic rings. The molecule has 0 bridgehead atoms. The fraction of sp³-hybridized carbons (Fsp3) is 0.471. The summed E-state index contributed by atoms with van der Waals surface area (Å²) < 4.78 is 0. The molecule has 0 radical (unpaired) electrons. The van der Waals surface area contributed by atoms with Gasteiger partial charge in [0.1, 0.15) is 0 Å². The highest BCUT2D eigenvalue weighted by Gasteiger charge is 2.24. The Hall–Kier alpha value is -1.83. The van der Waals surface area contributed by atoms with Gasteiger partial charge in [0.2, 0.25) is 5.91 Å². The summed E-state index contributed by atoms with van der Waals surface area (Å²) in [5.74, 6) is 2.70. The zero-order chi connectivity index (χ0) is 15.1. The van der Waals surface area contributed by atoms with Gasteiger partial charge in [-0.25, -0.2) is 0 Å². The number of amides is 1. The minimum atomic E-state index is -0.413. The van der Waals surface area contributed by atoms with Crippen molar-refractivity contribution in [3.63, 3.8) is 0 Å². The Morgan fingerprint density at radius 1 is 1.24 bits per heavy atom. The Bertz CT molecular complexity index is 487. The summed E-state index contributed by atoms with van der Waals surface area (Å²) in [6.07, 6.45) is 6.83. The Kier molecular flexibility index (Phi) is 5.79. The number of hydrogen-bond acceptors (Lipinski definition) is 3. The molecule has 2 N–H and O–H groups in total. The van der Waals surface area contributed by atoms with Gasteiger partial charge in [-0.3, -0.25) is 9.69 Å². The molecule has 4 nitrogen and oxygen atoms in total. The normalized spacial score (nSPS) is 17.2. The Balaban J connectivity index is 1.77. The smallest absolute Gasteiger partial charge is 0.239 e. The Morgan fingerprint density at radius 3 is 2.52 bits per heavy atom. The van der Waals surface area contributed by atoms with Crippen LogP contribution in [0.4, 0.5) is 0 Å². The molecule has 1 fully saturated rings. The van der Waals surface area contributed by atoms with E-state index >= 15 is 0 Å². The second-order valence-corrected chi connectivity index (χ2v) is 5.44. The third kappa shape index (κ3) is 4.59. The van der Waals surface area contributed by atoms with Crippen molar-refractivity contribution in [2.24, 2.45) is 5.73 Å². The predicted octanol–water partition coefficient (Wildman–Crippen LogP) is 0.724. The summed E-state index contributed by atoms with van der Waals surface area (Å²) in [6, 6.07) is 9.72. The number of carbonyl (C=O) groups excluding carboxylic acids is 1. The van der Waals surface area contributed by atoms with Crippen molar-refractivity contribution in [3.05, 3.63) is 35.9 Å². The highest BCUT2D eigenvalue weighted by atomic mass is 16.2. The molecule has 2 rings (SSSR count). The first kappa shape index (κ1) is 15.6. The van der Waals surface area contributed by atoms with E-state index in [-0.39, 0.29) is 5.91 Å². The summed E-state index contributed by atoms with van der Waals surface area (Å²) in [4.78, 5) is 16.4. The van der Waals surface area contributed by atoms with Crippen LogP contribution in [0.1, 0.15) is 12.0 Å². The number of terminal acetylenes is 1. The lowest BCUT2D eigenvalue weighted by atomic mass is 10.0. The van der Waals surface area contributed by atoms with E-state index < -0.39 is 6.04 Å². The topological polar surface area (TPSA) is 49.6 Å². The lowest BCUT2D eigenvalue weighted by molar-refractivity contribution is -0.134. The second-order valence-electron chi connectivity index (χ2n) is 5.44. The van der Waals surface area contributed by atoms with E-state index in [1.54, 1.807) is 0 Å². The minimum Gasteiger partial charge on any atom is -0.339 e. The van der Waals surface area contributed by atoms with Crippen molar-refractivity contribution in [3.8, 4) is 12.3 Å². The van der Waals surface area contributed by atoms with Crippen LogP contribution in [0, 0.1) is 12.3 Å². The largest absolute Gasteiger partial charge is 0.339 e. The van der Waals surface area contributed by atoms with Crippen molar-refractivity contribution >= 4 is 5.91 Å². The SMILES string of the molecule is C#CCN1CCN(C(=O)[C@@H](N)CCc2ccccc2)CC1. The second kappa shape index (κ2) is 7.82. The zero-order valence-corrected chi connectivity index (χ0v) is 12.4. The molecule has 1 aromatic carbocycles. The van der Waals surface area contributed by atoms with E-state index in [1.165, 1.54) is 5.56 Å². The van der Waals surface area contributed by atoms with Crippen LogP contribution in [-0.2, 0) is 11.2 Å². The summed E-state index contributed by atoms with van der Waals surface area (Å²) in [7, 11) is 0. The molecule has 0 unspecified atom stereocenters. The van der Waals surface area contributed by atoms with Crippen LogP contribution in [0.2, 0.25) is 0 Å². The van der Waals surface area contributed by atoms with E-state index in [9.17, 15) is 4.79 Å². The summed E-state index contributed by atoms with van der Waals surface area (Å²) in [5.41, 5.74) is 7.27. The van der Waals surface area contributed by atoms with Gasteiger partial charge in [0, 0.05) is 26.2 Å². The first-order valence-corrected chi connectivity index (χ1v) is 7.45. The van der Waals surface area contributed by atoms with Gasteiger partial charge in [0.05, 0.1) is 12.6 Å². The van der Waals surface area contributed by atoms with Crippen molar-refractivity contribution in [2.75, 3.05) is 32.7 Å². The molecule has 0 aliphatic carbocycles. The molecule has 0 spiro atoms. The van der Waals surface area contributed by atoms with Gasteiger partial charge in [0.15, 0.2) is 0 Å². The summed E-state index contributed by atoms with van der Waals surface area (Å²) in [6.45, 7) is 3.77. The number of nitrogens with two attached hydrogens (primary N) is 1. The average Bonchev–Trinajstić information content (AvgIpc) is 2.54. The molecule has 112 valence electrons. The fourth-order valence-corrected chi connectivity index (χ4v) is 2.58. The highest BCUT2D eigenvalue weighted by molar-refractivity contribution is 5.81. The summed E-state index contributed by atoms with van der Waals surface area (Å²) in [5, 5.41) is 0. The number of benzene rings is 1. The third-order valence-electron chi connectivity index (χ3n) is 3.90. The lowest BCUT2D eigenvalue weighted by Gasteiger charge is -2.35. The Morgan fingerprint density at radius 2 is 1.90 bits per heavy atom. The molecular weight excluding hydrogens is 262 g/mol. The van der Waals surface area contributed by atoms with Crippen molar-refractivity contribution in [2.45, 2.75) is 18.9 Å². The van der Waals surface area contributed by atoms with Crippen LogP contribution < -0.4 is 5.73 Å². The van der Waals surface area contributed by atoms with Gasteiger partial charge in [-0.2, -0.15) is 0 Å². The maximum atomic E-state index is 12.3. The molecule has 4 heteroatoms. The van der Waals surface area contributed by atoms with Crippen molar-refractivity contribution in [1.29, 1.82) is 0 Å². The van der Waals surface area contributed by atoms with Crippen molar-refractivity contribution in [1.82, 2.24) is 9.80 Å². The fourth-order valence-electron chi connectivity index (χ4n) is 2.58. The number of piperazine rings is 1. The van der Waals surface area contributed by atoms with E-state index in [4.69, 9.17) is 12.2 Å². The molecule has 0 aromatic heterocycles. The van der Waals surface area contributed by atoms with Crippen LogP contribution in [-0.4, -0.2) is 54.5 Å². The van der Waals surface area contributed by atoms with Gasteiger partial charge in [0.25, 0.3) is 0 Å². The minimum absolute atomic E-state index is 0.0614. The molecule has 1 aromatic rings. The van der Waals surface area contributed by atoms with Gasteiger partial charge in [-0.05, 0) is 18.4 Å². The molecule has 1 saturated heterocycles. The number of aryl methyl sites for hydroxylation is 1. The molecule has 1 aliphatic heterocycles. The molecular formula is C17H23N3O. The molecule has 21 heavy (non-hydrogen) atoms. The molecule has 0 saturated carbocycles. The zero-order valence-electron chi connectivity index (χ0n) is 12.4. The van der Waals surface area contributed by atoms with Crippen LogP contribution in [0.3, 0.4) is 0 Å². The van der Waals surface area contributed by atoms with E-state index in [0.29, 0.717) is 13.0 Å². The molecule has 1 heterocycles. The molecule has 1 amide bonds. The standard InChI is InChI=1S/C17H23N3O/c1-2-10-19-11-13-20(14-12-19)17(21)16(18)9-8-15-6-4-3-5-7-15/h1,3-7,16H,8-14,18H2/t16-/m0/s1.